The molecule has 2 nitrogen and oxygen atoms in total. The van der Waals surface area contributed by atoms with Crippen molar-refractivity contribution >= 4 is 21.8 Å². The summed E-state index contributed by atoms with van der Waals surface area (Å²) in [6, 6.07) is 0.286. The van der Waals surface area contributed by atoms with Crippen molar-refractivity contribution in [1.82, 2.24) is 5.32 Å². The molecular weight excluding hydrogens is 254 g/mol. The lowest BCUT2D eigenvalue weighted by Crippen LogP contribution is -2.42. The molecule has 15 heavy (non-hydrogen) atoms. The zero-order valence-corrected chi connectivity index (χ0v) is 11.6. The van der Waals surface area contributed by atoms with Crippen molar-refractivity contribution in [3.63, 3.8) is 0 Å². The van der Waals surface area contributed by atoms with Gasteiger partial charge in [-0.2, -0.15) is 0 Å². The Morgan fingerprint density at radius 1 is 1.60 bits per heavy atom. The quantitative estimate of drug-likeness (QED) is 0.785. The molecule has 2 atom stereocenters. The van der Waals surface area contributed by atoms with Crippen molar-refractivity contribution in [3.05, 3.63) is 0 Å². The highest BCUT2D eigenvalue weighted by molar-refractivity contribution is 9.09. The first-order valence-electron chi connectivity index (χ1n) is 5.87. The minimum atomic E-state index is 0.189. The summed E-state index contributed by atoms with van der Waals surface area (Å²) in [5.74, 6) is 0.467. The van der Waals surface area contributed by atoms with E-state index in [4.69, 9.17) is 0 Å². The standard InChI is InChI=1S/C12H22BrNO/c1-4-9(8-13)14-11(15)10-6-5-7-12(10,2)3/h9-10H,4-8H2,1-3H3,(H,14,15). The highest BCUT2D eigenvalue weighted by atomic mass is 79.9. The molecule has 1 N–H and O–H groups in total. The van der Waals surface area contributed by atoms with Gasteiger partial charge < -0.3 is 5.32 Å². The van der Waals surface area contributed by atoms with Crippen LogP contribution in [0.5, 0.6) is 0 Å². The van der Waals surface area contributed by atoms with Gasteiger partial charge in [-0.15, -0.1) is 0 Å². The van der Waals surface area contributed by atoms with E-state index in [1.807, 2.05) is 0 Å². The number of rotatable bonds is 4. The second-order valence-electron chi connectivity index (χ2n) is 5.20. The number of hydrogen-bond acceptors (Lipinski definition) is 1. The molecule has 0 aliphatic heterocycles. The van der Waals surface area contributed by atoms with Gasteiger partial charge in [-0.1, -0.05) is 43.1 Å². The first-order valence-corrected chi connectivity index (χ1v) is 6.99. The van der Waals surface area contributed by atoms with Crippen LogP contribution in [-0.4, -0.2) is 17.3 Å². The fourth-order valence-corrected chi connectivity index (χ4v) is 2.98. The third-order valence-electron chi connectivity index (χ3n) is 3.60. The van der Waals surface area contributed by atoms with E-state index >= 15 is 0 Å². The SMILES string of the molecule is CCC(CBr)NC(=O)C1CCCC1(C)C. The Morgan fingerprint density at radius 3 is 2.67 bits per heavy atom. The molecule has 0 aromatic heterocycles. The highest BCUT2D eigenvalue weighted by Crippen LogP contribution is 2.42. The van der Waals surface area contributed by atoms with Gasteiger partial charge in [0.1, 0.15) is 0 Å². The second kappa shape index (κ2) is 5.33. The molecule has 3 heteroatoms. The summed E-state index contributed by atoms with van der Waals surface area (Å²) in [4.78, 5) is 12.1. The fourth-order valence-electron chi connectivity index (χ4n) is 2.36. The highest BCUT2D eigenvalue weighted by Gasteiger charge is 2.39. The zero-order valence-electron chi connectivity index (χ0n) is 9.98. The van der Waals surface area contributed by atoms with Gasteiger partial charge in [0.05, 0.1) is 0 Å². The summed E-state index contributed by atoms with van der Waals surface area (Å²) in [6.07, 6.45) is 4.41. The fraction of sp³-hybridized carbons (Fsp3) is 0.917. The molecular formula is C12H22BrNO. The van der Waals surface area contributed by atoms with Crippen LogP contribution in [0.25, 0.3) is 0 Å². The summed E-state index contributed by atoms with van der Waals surface area (Å²) < 4.78 is 0. The van der Waals surface area contributed by atoms with E-state index in [0.717, 1.165) is 18.2 Å². The molecule has 0 bridgehead atoms. The zero-order chi connectivity index (χ0) is 11.5. The Bertz CT molecular complexity index is 224. The van der Waals surface area contributed by atoms with Crippen molar-refractivity contribution in [2.75, 3.05) is 5.33 Å². The van der Waals surface area contributed by atoms with Crippen LogP contribution < -0.4 is 5.32 Å². The van der Waals surface area contributed by atoms with Crippen LogP contribution in [0.2, 0.25) is 0 Å². The lowest BCUT2D eigenvalue weighted by molar-refractivity contribution is -0.128. The first kappa shape index (κ1) is 13.0. The van der Waals surface area contributed by atoms with Crippen LogP contribution in [0, 0.1) is 11.3 Å². The maximum atomic E-state index is 12.1. The Balaban J connectivity index is 2.53. The van der Waals surface area contributed by atoms with Gasteiger partial charge in [-0.3, -0.25) is 4.79 Å². The van der Waals surface area contributed by atoms with E-state index in [1.165, 1.54) is 12.8 Å². The van der Waals surface area contributed by atoms with E-state index < -0.39 is 0 Å². The third-order valence-corrected chi connectivity index (χ3v) is 4.38. The van der Waals surface area contributed by atoms with E-state index in [1.54, 1.807) is 0 Å². The number of alkyl halides is 1. The van der Waals surface area contributed by atoms with E-state index in [0.29, 0.717) is 0 Å². The van der Waals surface area contributed by atoms with Gasteiger partial charge >= 0.3 is 0 Å². The number of hydrogen-bond donors (Lipinski definition) is 1. The maximum absolute atomic E-state index is 12.1. The number of halogens is 1. The minimum Gasteiger partial charge on any atom is -0.352 e. The van der Waals surface area contributed by atoms with Gasteiger partial charge in [0.15, 0.2) is 0 Å². The van der Waals surface area contributed by atoms with Crippen LogP contribution in [-0.2, 0) is 4.79 Å². The van der Waals surface area contributed by atoms with Gasteiger partial charge in [0.25, 0.3) is 0 Å². The molecule has 2 unspecified atom stereocenters. The topological polar surface area (TPSA) is 29.1 Å². The van der Waals surface area contributed by atoms with Crippen LogP contribution >= 0.6 is 15.9 Å². The number of carbonyl (C=O) groups is 1. The molecule has 0 saturated heterocycles. The van der Waals surface area contributed by atoms with Crippen molar-refractivity contribution in [2.45, 2.75) is 52.5 Å². The van der Waals surface area contributed by atoms with Crippen LogP contribution in [0.3, 0.4) is 0 Å². The molecule has 1 saturated carbocycles. The largest absolute Gasteiger partial charge is 0.352 e. The Morgan fingerprint density at radius 2 is 2.27 bits per heavy atom. The van der Waals surface area contributed by atoms with Gasteiger partial charge in [-0.05, 0) is 24.7 Å². The van der Waals surface area contributed by atoms with Crippen LogP contribution in [0.15, 0.2) is 0 Å². The minimum absolute atomic E-state index is 0.189. The Labute approximate surface area is 101 Å². The molecule has 0 radical (unpaired) electrons. The molecule has 1 amide bonds. The molecule has 0 aromatic carbocycles. The summed E-state index contributed by atoms with van der Waals surface area (Å²) in [6.45, 7) is 6.52. The molecule has 0 heterocycles. The Hall–Kier alpha value is -0.0500. The van der Waals surface area contributed by atoms with E-state index in [2.05, 4.69) is 42.0 Å². The van der Waals surface area contributed by atoms with Gasteiger partial charge in [0.2, 0.25) is 5.91 Å². The first-order chi connectivity index (χ1) is 7.01. The lowest BCUT2D eigenvalue weighted by Gasteiger charge is -2.27. The molecule has 88 valence electrons. The normalized spacial score (nSPS) is 26.3. The smallest absolute Gasteiger partial charge is 0.223 e. The lowest BCUT2D eigenvalue weighted by atomic mass is 9.81. The van der Waals surface area contributed by atoms with Gasteiger partial charge in [-0.25, -0.2) is 0 Å². The van der Waals surface area contributed by atoms with Crippen molar-refractivity contribution in [1.29, 1.82) is 0 Å². The molecule has 1 rings (SSSR count). The molecule has 1 aliphatic carbocycles. The second-order valence-corrected chi connectivity index (χ2v) is 5.85. The maximum Gasteiger partial charge on any atom is 0.223 e. The van der Waals surface area contributed by atoms with E-state index in [-0.39, 0.29) is 23.3 Å². The van der Waals surface area contributed by atoms with Crippen molar-refractivity contribution in [3.8, 4) is 0 Å². The average molecular weight is 276 g/mol. The van der Waals surface area contributed by atoms with Crippen molar-refractivity contribution < 1.29 is 4.79 Å². The summed E-state index contributed by atoms with van der Waals surface area (Å²) in [5.41, 5.74) is 0.189. The molecule has 1 aliphatic rings. The average Bonchev–Trinajstić information content (AvgIpc) is 2.54. The molecule has 1 fully saturated rings. The number of nitrogens with one attached hydrogen (secondary N) is 1. The number of amides is 1. The predicted octanol–water partition coefficient (Wildman–Crippen LogP) is 3.10. The summed E-state index contributed by atoms with van der Waals surface area (Å²) in [5, 5.41) is 3.98. The molecule has 0 spiro atoms. The summed E-state index contributed by atoms with van der Waals surface area (Å²) in [7, 11) is 0. The number of carbonyl (C=O) groups excluding carboxylic acids is 1. The van der Waals surface area contributed by atoms with E-state index in [9.17, 15) is 4.79 Å². The van der Waals surface area contributed by atoms with Crippen LogP contribution in [0.1, 0.15) is 46.5 Å². The Kier molecular flexibility index (Phi) is 4.63. The van der Waals surface area contributed by atoms with Crippen molar-refractivity contribution in [2.24, 2.45) is 11.3 Å². The molecule has 0 aromatic rings. The van der Waals surface area contributed by atoms with Gasteiger partial charge in [0, 0.05) is 17.3 Å². The third kappa shape index (κ3) is 3.20. The van der Waals surface area contributed by atoms with Crippen LogP contribution in [0.4, 0.5) is 0 Å². The summed E-state index contributed by atoms with van der Waals surface area (Å²) >= 11 is 3.43. The predicted molar refractivity (Wildman–Crippen MR) is 67.1 cm³/mol. The monoisotopic (exact) mass is 275 g/mol.